The zero-order valence-electron chi connectivity index (χ0n) is 15.2. The second kappa shape index (κ2) is 9.16. The van der Waals surface area contributed by atoms with Gasteiger partial charge in [-0.25, -0.2) is 13.2 Å². The van der Waals surface area contributed by atoms with Crippen LogP contribution in [-0.2, 0) is 13.7 Å². The Morgan fingerprint density at radius 2 is 0.667 bits per heavy atom. The van der Waals surface area contributed by atoms with Crippen LogP contribution >= 0.6 is 0 Å². The van der Waals surface area contributed by atoms with Crippen LogP contribution in [0.4, 0.5) is 13.2 Å². The van der Waals surface area contributed by atoms with E-state index in [0.29, 0.717) is 0 Å². The largest absolute Gasteiger partial charge is 0.690 e. The van der Waals surface area contributed by atoms with Gasteiger partial charge < -0.3 is 27.7 Å². The van der Waals surface area contributed by atoms with Crippen molar-refractivity contribution < 1.29 is 40.8 Å². The predicted molar refractivity (Wildman–Crippen MR) is 102 cm³/mol. The van der Waals surface area contributed by atoms with Gasteiger partial charge in [0.25, 0.3) is 0 Å². The molecule has 0 amide bonds. The molecule has 1 saturated heterocycles. The first kappa shape index (κ1) is 20.2. The highest BCUT2D eigenvalue weighted by molar-refractivity contribution is 6.67. The number of hydrogen-bond acceptors (Lipinski definition) is 6. The van der Waals surface area contributed by atoms with E-state index < -0.39 is 39.4 Å². The minimum atomic E-state index is -1.35. The fourth-order valence-corrected chi connectivity index (χ4v) is 2.41. The summed E-state index contributed by atoms with van der Waals surface area (Å²) in [6, 6.07) is 15.5. The van der Waals surface area contributed by atoms with Gasteiger partial charge in [0, 0.05) is 0 Å². The highest BCUT2D eigenvalue weighted by atomic mass is 19.1. The summed E-state index contributed by atoms with van der Waals surface area (Å²) < 4.78 is 72.1. The van der Waals surface area contributed by atoms with Crippen LogP contribution in [0.5, 0.6) is 17.2 Å². The van der Waals surface area contributed by atoms with Crippen LogP contribution in [0.25, 0.3) is 0 Å². The number of benzene rings is 3. The summed E-state index contributed by atoms with van der Waals surface area (Å²) in [6.45, 7) is 0. The summed E-state index contributed by atoms with van der Waals surface area (Å²) in [5.41, 5.74) is 0. The number of halogens is 3. The third kappa shape index (κ3) is 5.50. The second-order valence-electron chi connectivity index (χ2n) is 5.99. The van der Waals surface area contributed by atoms with E-state index in [1.807, 2.05) is 0 Å². The molecule has 4 rings (SSSR count). The monoisotopic (exact) mass is 414 g/mol. The van der Waals surface area contributed by atoms with Crippen molar-refractivity contribution in [2.75, 3.05) is 0 Å². The predicted octanol–water partition coefficient (Wildman–Crippen LogP) is 3.66. The van der Waals surface area contributed by atoms with Crippen molar-refractivity contribution in [2.45, 2.75) is 0 Å². The summed E-state index contributed by atoms with van der Waals surface area (Å²) in [6.07, 6.45) is 0. The van der Waals surface area contributed by atoms with Gasteiger partial charge in [-0.05, 0) is 72.8 Å². The minimum Gasteiger partial charge on any atom is -0.513 e. The Hall–Kier alpha value is -3.08. The first-order valence-corrected chi connectivity index (χ1v) is 8.76. The second-order valence-corrected chi connectivity index (χ2v) is 5.99. The van der Waals surface area contributed by atoms with Gasteiger partial charge in [-0.2, -0.15) is 0 Å². The Bertz CT molecular complexity index is 829. The van der Waals surface area contributed by atoms with Gasteiger partial charge in [-0.15, -0.1) is 0 Å². The van der Waals surface area contributed by atoms with Crippen LogP contribution in [-0.4, -0.2) is 22.0 Å². The van der Waals surface area contributed by atoms with E-state index in [4.69, 9.17) is 27.7 Å². The first-order valence-electron chi connectivity index (χ1n) is 8.76. The molecular weight excluding hydrogens is 402 g/mol. The standard InChI is InChI=1S/C18H12B3F3O6/c22-13-1-7-16(8-2-13)25-19-28-20(26-17-9-3-14(23)4-10-17)30-21(29-19)27-18-11-5-15(24)6-12-18/h1-12H. The van der Waals surface area contributed by atoms with Crippen LogP contribution < -0.4 is 14.0 Å². The van der Waals surface area contributed by atoms with Crippen LogP contribution in [0.3, 0.4) is 0 Å². The van der Waals surface area contributed by atoms with Crippen molar-refractivity contribution in [1.29, 1.82) is 0 Å². The minimum absolute atomic E-state index is 0.254. The summed E-state index contributed by atoms with van der Waals surface area (Å²) in [4.78, 5) is 0. The van der Waals surface area contributed by atoms with Crippen LogP contribution in [0.2, 0.25) is 0 Å². The molecular formula is C18H12B3F3O6. The lowest BCUT2D eigenvalue weighted by Crippen LogP contribution is -2.56. The molecule has 0 aromatic heterocycles. The molecule has 0 aliphatic carbocycles. The first-order chi connectivity index (χ1) is 14.5. The molecule has 150 valence electrons. The maximum atomic E-state index is 13.1. The molecule has 0 atom stereocenters. The molecule has 0 N–H and O–H groups in total. The zero-order chi connectivity index (χ0) is 20.9. The van der Waals surface area contributed by atoms with Crippen molar-refractivity contribution in [2.24, 2.45) is 0 Å². The maximum absolute atomic E-state index is 13.1. The average Bonchev–Trinajstić information content (AvgIpc) is 2.73. The summed E-state index contributed by atoms with van der Waals surface area (Å²) >= 11 is 0. The van der Waals surface area contributed by atoms with Crippen LogP contribution in [0.15, 0.2) is 72.8 Å². The molecule has 6 nitrogen and oxygen atoms in total. The van der Waals surface area contributed by atoms with Gasteiger partial charge in [0.05, 0.1) is 0 Å². The molecule has 0 radical (unpaired) electrons. The molecule has 0 spiro atoms. The van der Waals surface area contributed by atoms with Gasteiger partial charge in [-0.1, -0.05) is 0 Å². The molecule has 1 fully saturated rings. The summed E-state index contributed by atoms with van der Waals surface area (Å²) in [5, 5.41) is 0. The van der Waals surface area contributed by atoms with Gasteiger partial charge in [-0.3, -0.25) is 0 Å². The molecule has 0 bridgehead atoms. The Balaban J connectivity index is 1.47. The van der Waals surface area contributed by atoms with Crippen molar-refractivity contribution in [3.05, 3.63) is 90.2 Å². The highest BCUT2D eigenvalue weighted by Crippen LogP contribution is 2.21. The Labute approximate surface area is 171 Å². The summed E-state index contributed by atoms with van der Waals surface area (Å²) in [7, 11) is -4.04. The van der Waals surface area contributed by atoms with Crippen molar-refractivity contribution in [1.82, 2.24) is 0 Å². The van der Waals surface area contributed by atoms with E-state index in [9.17, 15) is 13.2 Å². The topological polar surface area (TPSA) is 55.4 Å². The molecule has 1 heterocycles. The molecule has 3 aromatic carbocycles. The quantitative estimate of drug-likeness (QED) is 0.575. The molecule has 0 saturated carbocycles. The van der Waals surface area contributed by atoms with E-state index in [1.54, 1.807) is 0 Å². The summed E-state index contributed by atoms with van der Waals surface area (Å²) in [5.74, 6) is -0.554. The lowest BCUT2D eigenvalue weighted by Gasteiger charge is -2.28. The van der Waals surface area contributed by atoms with E-state index >= 15 is 0 Å². The smallest absolute Gasteiger partial charge is 0.513 e. The SMILES string of the molecule is Fc1ccc(OB2OB(Oc3ccc(F)cc3)OB(Oc3ccc(F)cc3)O2)cc1. The van der Waals surface area contributed by atoms with Gasteiger partial charge in [0.2, 0.25) is 0 Å². The van der Waals surface area contributed by atoms with Crippen LogP contribution in [0, 0.1) is 17.5 Å². The highest BCUT2D eigenvalue weighted by Gasteiger charge is 2.50. The maximum Gasteiger partial charge on any atom is 0.690 e. The molecule has 30 heavy (non-hydrogen) atoms. The fraction of sp³-hybridized carbons (Fsp3) is 0. The van der Waals surface area contributed by atoms with E-state index in [1.165, 1.54) is 72.8 Å². The molecule has 0 unspecified atom stereocenters. The fourth-order valence-electron chi connectivity index (χ4n) is 2.41. The average molecular weight is 414 g/mol. The molecule has 12 heteroatoms. The normalized spacial score (nSPS) is 13.9. The van der Waals surface area contributed by atoms with Crippen LogP contribution in [0.1, 0.15) is 0 Å². The van der Waals surface area contributed by atoms with Gasteiger partial charge in [0.15, 0.2) is 0 Å². The lowest BCUT2D eigenvalue weighted by molar-refractivity contribution is 0.145. The molecule has 1 aliphatic rings. The van der Waals surface area contributed by atoms with E-state index in [0.717, 1.165) is 0 Å². The van der Waals surface area contributed by atoms with Gasteiger partial charge in [0.1, 0.15) is 34.7 Å². The Morgan fingerprint density at radius 3 is 0.900 bits per heavy atom. The third-order valence-corrected chi connectivity index (χ3v) is 3.80. The Morgan fingerprint density at radius 1 is 0.433 bits per heavy atom. The zero-order valence-corrected chi connectivity index (χ0v) is 15.2. The third-order valence-electron chi connectivity index (χ3n) is 3.80. The number of rotatable bonds is 6. The van der Waals surface area contributed by atoms with Crippen molar-refractivity contribution >= 4 is 22.0 Å². The Kier molecular flexibility index (Phi) is 6.17. The molecule has 3 aromatic rings. The van der Waals surface area contributed by atoms with Crippen molar-refractivity contribution in [3.63, 3.8) is 0 Å². The van der Waals surface area contributed by atoms with Gasteiger partial charge >= 0.3 is 22.0 Å². The van der Waals surface area contributed by atoms with E-state index in [2.05, 4.69) is 0 Å². The van der Waals surface area contributed by atoms with E-state index in [-0.39, 0.29) is 17.2 Å². The lowest BCUT2D eigenvalue weighted by atomic mass is 9.96. The molecule has 1 aliphatic heterocycles. The van der Waals surface area contributed by atoms with Crippen molar-refractivity contribution in [3.8, 4) is 17.2 Å². The number of hydrogen-bond donors (Lipinski definition) is 0.